The third-order valence-corrected chi connectivity index (χ3v) is 6.62. The van der Waals surface area contributed by atoms with Crippen molar-refractivity contribution in [2.24, 2.45) is 0 Å². The number of nitrogens with zero attached hydrogens (tertiary/aromatic N) is 2. The van der Waals surface area contributed by atoms with Crippen molar-refractivity contribution in [1.82, 2.24) is 0 Å². The van der Waals surface area contributed by atoms with Gasteiger partial charge in [-0.3, -0.25) is 10.5 Å². The van der Waals surface area contributed by atoms with Crippen molar-refractivity contribution >= 4 is 33.6 Å². The van der Waals surface area contributed by atoms with Crippen molar-refractivity contribution in [3.63, 3.8) is 0 Å². The van der Waals surface area contributed by atoms with Crippen LogP contribution in [-0.4, -0.2) is 5.78 Å². The zero-order valence-corrected chi connectivity index (χ0v) is 21.5. The van der Waals surface area contributed by atoms with Crippen molar-refractivity contribution < 1.29 is 47.9 Å². The van der Waals surface area contributed by atoms with Crippen LogP contribution in [0.1, 0.15) is 46.3 Å². The molecule has 3 aromatic rings. The van der Waals surface area contributed by atoms with Gasteiger partial charge in [-0.05, 0) is 33.1 Å². The van der Waals surface area contributed by atoms with Gasteiger partial charge in [-0.25, -0.2) is 4.57 Å². The van der Waals surface area contributed by atoms with Gasteiger partial charge in [-0.1, -0.05) is 52.5 Å². The summed E-state index contributed by atoms with van der Waals surface area (Å²) in [5, 5.41) is 2.87. The number of nitrogen functional groups attached to an aromatic ring is 1. The second-order valence-electron chi connectivity index (χ2n) is 6.74. The number of rotatable bonds is 4. The number of aromatic nitrogens is 2. The van der Waals surface area contributed by atoms with Crippen molar-refractivity contribution in [3.8, 4) is 0 Å². The Kier molecular flexibility index (Phi) is 11.2. The molecule has 2 N–H and O–H groups in total. The average Bonchev–Trinajstić information content (AvgIpc) is 3.29. The zero-order valence-electron chi connectivity index (χ0n) is 16.7. The average molecular weight is 561 g/mol. The molecule has 0 saturated heterocycles. The molecule has 2 aromatic heterocycles. The van der Waals surface area contributed by atoms with E-state index in [4.69, 9.17) is 5.73 Å². The predicted molar refractivity (Wildman–Crippen MR) is 111 cm³/mol. The van der Waals surface area contributed by atoms with Gasteiger partial charge in [0.1, 0.15) is 6.20 Å². The Balaban J connectivity index is 0.000000360. The molecule has 158 valence electrons. The maximum absolute atomic E-state index is 12.3. The summed E-state index contributed by atoms with van der Waals surface area (Å²) < 4.78 is 4.16. The van der Waals surface area contributed by atoms with E-state index >= 15 is 0 Å². The van der Waals surface area contributed by atoms with E-state index in [1.54, 1.807) is 22.7 Å². The van der Waals surface area contributed by atoms with Gasteiger partial charge < -0.3 is 34.0 Å². The molecule has 0 atom stereocenters. The van der Waals surface area contributed by atoms with Crippen molar-refractivity contribution in [1.29, 1.82) is 0 Å². The second-order valence-corrected chi connectivity index (χ2v) is 8.61. The Bertz CT molecular complexity index is 907. The first-order valence-electron chi connectivity index (χ1n) is 9.39. The highest BCUT2D eigenvalue weighted by Crippen LogP contribution is 2.22. The number of anilines is 1. The number of ketones is 1. The summed E-state index contributed by atoms with van der Waals surface area (Å²) in [6.45, 7) is 5.56. The fraction of sp³-hybridized carbons (Fsp3) is 0.381. The van der Waals surface area contributed by atoms with E-state index in [0.29, 0.717) is 6.54 Å². The standard InChI is InChI=1S/C16H18NOS.C5H8N2S.2BrH/c1-12-6-8-13(9-7-12)15(18)10-17-11-19-16-5-3-2-4-14(16)17;1-2-7-3-4-8-5(7)6;;/h6-9,11H,2-5,10H2,1H3;3-4,6H,2H2,1H3;2*1H/q+1;;;/p-1. The van der Waals surface area contributed by atoms with E-state index in [-0.39, 0.29) is 39.7 Å². The van der Waals surface area contributed by atoms with E-state index in [2.05, 4.69) is 17.0 Å². The molecule has 0 unspecified atom stereocenters. The number of benzene rings is 1. The molecule has 0 saturated carbocycles. The first kappa shape index (κ1) is 25.9. The molecular weight excluding hydrogens is 534 g/mol. The number of halogens is 2. The first-order chi connectivity index (χ1) is 13.1. The summed E-state index contributed by atoms with van der Waals surface area (Å²) in [6, 6.07) is 7.86. The Hall–Kier alpha value is -1.09. The Morgan fingerprint density at radius 3 is 2.34 bits per heavy atom. The number of carbonyl (C=O) groups excluding carboxylic acids is 1. The van der Waals surface area contributed by atoms with Crippen LogP contribution in [0.5, 0.6) is 0 Å². The van der Waals surface area contributed by atoms with Gasteiger partial charge in [0.05, 0.1) is 11.4 Å². The minimum Gasteiger partial charge on any atom is -1.00 e. The van der Waals surface area contributed by atoms with Gasteiger partial charge >= 0.3 is 5.13 Å². The highest BCUT2D eigenvalue weighted by Gasteiger charge is 2.24. The van der Waals surface area contributed by atoms with Crippen molar-refractivity contribution in [3.05, 3.63) is 63.1 Å². The van der Waals surface area contributed by atoms with Gasteiger partial charge in [-0.2, -0.15) is 4.57 Å². The largest absolute Gasteiger partial charge is 1.00 e. The van der Waals surface area contributed by atoms with E-state index in [9.17, 15) is 4.79 Å². The maximum Gasteiger partial charge on any atom is 0.331 e. The third kappa shape index (κ3) is 6.98. The number of aryl methyl sites for hydroxylation is 3. The number of fused-ring (bicyclic) bond motifs is 1. The minimum absolute atomic E-state index is 0. The van der Waals surface area contributed by atoms with E-state index in [1.807, 2.05) is 47.3 Å². The molecule has 0 aliphatic heterocycles. The monoisotopic (exact) mass is 559 g/mol. The summed E-state index contributed by atoms with van der Waals surface area (Å²) in [6.07, 6.45) is 6.84. The number of hydrogen-bond acceptors (Lipinski definition) is 4. The van der Waals surface area contributed by atoms with Gasteiger partial charge in [0.25, 0.3) is 0 Å². The Morgan fingerprint density at radius 1 is 1.07 bits per heavy atom. The topological polar surface area (TPSA) is 50.9 Å². The molecule has 0 radical (unpaired) electrons. The van der Waals surface area contributed by atoms with Gasteiger partial charge in [0, 0.05) is 17.4 Å². The van der Waals surface area contributed by atoms with Crippen LogP contribution in [0.2, 0.25) is 0 Å². The summed E-state index contributed by atoms with van der Waals surface area (Å²) in [5.41, 5.74) is 11.0. The molecule has 4 nitrogen and oxygen atoms in total. The molecule has 2 heterocycles. The SMILES string of the molecule is CC[n+]1ccsc1N.Cc1ccc(C(=O)C[n+]2csc3c2CCCC3)cc1.[Br-].[Br-]. The summed E-state index contributed by atoms with van der Waals surface area (Å²) in [4.78, 5) is 13.8. The molecule has 1 aliphatic carbocycles. The molecule has 0 amide bonds. The molecule has 1 aromatic carbocycles. The van der Waals surface area contributed by atoms with Gasteiger partial charge in [0.2, 0.25) is 17.8 Å². The number of Topliss-reactive ketones (excluding diaryl/α,β-unsaturated/α-hetero) is 1. The predicted octanol–water partition coefficient (Wildman–Crippen LogP) is -2.25. The van der Waals surface area contributed by atoms with Crippen LogP contribution < -0.4 is 48.8 Å². The summed E-state index contributed by atoms with van der Waals surface area (Å²) in [7, 11) is 0. The van der Waals surface area contributed by atoms with Crippen molar-refractivity contribution in [2.45, 2.75) is 52.6 Å². The van der Waals surface area contributed by atoms with Crippen LogP contribution in [0.3, 0.4) is 0 Å². The fourth-order valence-electron chi connectivity index (χ4n) is 3.18. The molecule has 4 rings (SSSR count). The van der Waals surface area contributed by atoms with Crippen LogP contribution in [-0.2, 0) is 25.9 Å². The number of carbonyl (C=O) groups is 1. The van der Waals surface area contributed by atoms with E-state index < -0.39 is 0 Å². The summed E-state index contributed by atoms with van der Waals surface area (Å²) >= 11 is 3.37. The molecule has 0 fully saturated rings. The van der Waals surface area contributed by atoms with E-state index in [1.165, 1.54) is 35.4 Å². The minimum atomic E-state index is 0. The Morgan fingerprint density at radius 2 is 1.76 bits per heavy atom. The maximum atomic E-state index is 12.3. The highest BCUT2D eigenvalue weighted by atomic mass is 79.9. The molecule has 29 heavy (non-hydrogen) atoms. The Labute approximate surface area is 201 Å². The smallest absolute Gasteiger partial charge is 0.331 e. The van der Waals surface area contributed by atoms with E-state index in [0.717, 1.165) is 23.7 Å². The fourth-order valence-corrected chi connectivity index (χ4v) is 4.92. The van der Waals surface area contributed by atoms with Crippen LogP contribution in [0.25, 0.3) is 0 Å². The lowest BCUT2D eigenvalue weighted by atomic mass is 10.0. The zero-order chi connectivity index (χ0) is 19.2. The molecule has 0 spiro atoms. The van der Waals surface area contributed by atoms with Gasteiger partial charge in [-0.15, -0.1) is 0 Å². The number of thiazole rings is 2. The second kappa shape index (κ2) is 12.6. The number of nitrogens with two attached hydrogens (primary N) is 1. The number of hydrogen-bond donors (Lipinski definition) is 1. The molecule has 1 aliphatic rings. The quantitative estimate of drug-likeness (QED) is 0.290. The lowest BCUT2D eigenvalue weighted by Crippen LogP contribution is -3.00. The van der Waals surface area contributed by atoms with Crippen LogP contribution >= 0.6 is 22.7 Å². The van der Waals surface area contributed by atoms with Gasteiger partial charge in [0.15, 0.2) is 5.69 Å². The van der Waals surface area contributed by atoms with Crippen LogP contribution in [0, 0.1) is 6.92 Å². The van der Waals surface area contributed by atoms with Crippen LogP contribution in [0.15, 0.2) is 41.4 Å². The van der Waals surface area contributed by atoms with Crippen LogP contribution in [0.4, 0.5) is 5.13 Å². The molecule has 0 bridgehead atoms. The lowest BCUT2D eigenvalue weighted by Gasteiger charge is -2.07. The normalized spacial score (nSPS) is 11.9. The molecule has 8 heteroatoms. The highest BCUT2D eigenvalue weighted by molar-refractivity contribution is 7.12. The first-order valence-corrected chi connectivity index (χ1v) is 11.2. The molecular formula is C21H27Br2N3OS2. The lowest BCUT2D eigenvalue weighted by molar-refractivity contribution is -0.686. The van der Waals surface area contributed by atoms with Crippen molar-refractivity contribution in [2.75, 3.05) is 5.73 Å². The third-order valence-electron chi connectivity index (χ3n) is 4.80. The summed E-state index contributed by atoms with van der Waals surface area (Å²) in [5.74, 6) is 0.205.